The fourth-order valence-electron chi connectivity index (χ4n) is 1.99. The van der Waals surface area contributed by atoms with Gasteiger partial charge in [-0.1, -0.05) is 54.3 Å². The highest BCUT2D eigenvalue weighted by atomic mass is 32.2. The van der Waals surface area contributed by atoms with Gasteiger partial charge in [0.1, 0.15) is 0 Å². The number of anilines is 2. The van der Waals surface area contributed by atoms with Crippen LogP contribution in [-0.2, 0) is 11.2 Å². The Bertz CT molecular complexity index is 684. The van der Waals surface area contributed by atoms with Gasteiger partial charge in [-0.05, 0) is 24.5 Å². The van der Waals surface area contributed by atoms with E-state index in [2.05, 4.69) is 59.5 Å². The minimum absolute atomic E-state index is 0.0354. The first-order valence-corrected chi connectivity index (χ1v) is 9.13. The highest BCUT2D eigenvalue weighted by molar-refractivity contribution is 8.01. The summed E-state index contributed by atoms with van der Waals surface area (Å²) in [5.41, 5.74) is 3.52. The molecule has 23 heavy (non-hydrogen) atoms. The molecule has 0 saturated heterocycles. The van der Waals surface area contributed by atoms with E-state index in [4.69, 9.17) is 0 Å². The molecule has 0 unspecified atom stereocenters. The zero-order chi connectivity index (χ0) is 16.7. The maximum Gasteiger partial charge on any atom is 0.230 e. The minimum atomic E-state index is -0.0354. The van der Waals surface area contributed by atoms with Crippen LogP contribution in [0.1, 0.15) is 18.1 Å². The van der Waals surface area contributed by atoms with Gasteiger partial charge in [0, 0.05) is 12.2 Å². The molecule has 0 fully saturated rings. The lowest BCUT2D eigenvalue weighted by Gasteiger charge is -2.11. The van der Waals surface area contributed by atoms with Crippen LogP contribution in [-0.4, -0.2) is 28.4 Å². The smallest absolute Gasteiger partial charge is 0.230 e. The van der Waals surface area contributed by atoms with E-state index >= 15 is 0 Å². The lowest BCUT2D eigenvalue weighted by molar-refractivity contribution is -0.118. The number of para-hydroxylation sites is 1. The van der Waals surface area contributed by atoms with Crippen LogP contribution >= 0.6 is 23.1 Å². The molecule has 0 aliphatic rings. The SMILES string of the molecule is C=CCNC(=O)CSc1nnc(Nc2c(C)cccc2CC)s1. The van der Waals surface area contributed by atoms with Crippen molar-refractivity contribution < 1.29 is 4.79 Å². The van der Waals surface area contributed by atoms with E-state index in [-0.39, 0.29) is 5.91 Å². The largest absolute Gasteiger partial charge is 0.352 e. The molecule has 0 atom stereocenters. The molecular weight excluding hydrogens is 328 g/mol. The molecule has 1 amide bonds. The molecule has 122 valence electrons. The summed E-state index contributed by atoms with van der Waals surface area (Å²) in [4.78, 5) is 11.6. The Morgan fingerprint density at radius 3 is 3.00 bits per heavy atom. The summed E-state index contributed by atoms with van der Waals surface area (Å²) in [6, 6.07) is 6.24. The molecule has 0 radical (unpaired) electrons. The van der Waals surface area contributed by atoms with Crippen molar-refractivity contribution in [3.8, 4) is 0 Å². The minimum Gasteiger partial charge on any atom is -0.352 e. The monoisotopic (exact) mass is 348 g/mol. The maximum atomic E-state index is 11.6. The van der Waals surface area contributed by atoms with Crippen molar-refractivity contribution in [2.75, 3.05) is 17.6 Å². The standard InChI is InChI=1S/C16H20N4OS2/c1-4-9-17-13(21)10-22-16-20-19-15(23-16)18-14-11(3)7-6-8-12(14)5-2/h4,6-8H,1,5,9-10H2,2-3H3,(H,17,21)(H,18,19). The van der Waals surface area contributed by atoms with Gasteiger partial charge in [-0.3, -0.25) is 4.79 Å². The van der Waals surface area contributed by atoms with Crippen molar-refractivity contribution in [1.29, 1.82) is 0 Å². The second-order valence-corrected chi connectivity index (χ2v) is 7.04. The Hall–Kier alpha value is -1.86. The maximum absolute atomic E-state index is 11.6. The van der Waals surface area contributed by atoms with Gasteiger partial charge in [0.2, 0.25) is 11.0 Å². The highest BCUT2D eigenvalue weighted by Gasteiger charge is 2.10. The van der Waals surface area contributed by atoms with Crippen molar-refractivity contribution >= 4 is 39.8 Å². The lowest BCUT2D eigenvalue weighted by Crippen LogP contribution is -2.24. The summed E-state index contributed by atoms with van der Waals surface area (Å²) < 4.78 is 0.771. The fourth-order valence-corrected chi connectivity index (χ4v) is 3.58. The van der Waals surface area contributed by atoms with E-state index in [9.17, 15) is 4.79 Å². The quantitative estimate of drug-likeness (QED) is 0.564. The fraction of sp³-hybridized carbons (Fsp3) is 0.312. The number of amides is 1. The van der Waals surface area contributed by atoms with Crippen molar-refractivity contribution in [3.05, 3.63) is 42.0 Å². The van der Waals surface area contributed by atoms with Crippen LogP contribution in [0.3, 0.4) is 0 Å². The number of carbonyl (C=O) groups excluding carboxylic acids is 1. The average molecular weight is 348 g/mol. The first-order chi connectivity index (χ1) is 11.1. The Balaban J connectivity index is 1.98. The van der Waals surface area contributed by atoms with Gasteiger partial charge in [-0.25, -0.2) is 0 Å². The molecule has 0 aliphatic heterocycles. The van der Waals surface area contributed by atoms with Gasteiger partial charge in [0.15, 0.2) is 4.34 Å². The van der Waals surface area contributed by atoms with E-state index in [0.29, 0.717) is 12.3 Å². The molecule has 0 saturated carbocycles. The summed E-state index contributed by atoms with van der Waals surface area (Å²) in [6.45, 7) is 8.25. The number of aryl methyl sites for hydroxylation is 2. The van der Waals surface area contributed by atoms with E-state index < -0.39 is 0 Å². The predicted octanol–water partition coefficient (Wildman–Crippen LogP) is 3.55. The van der Waals surface area contributed by atoms with Crippen LogP contribution in [0.25, 0.3) is 0 Å². The van der Waals surface area contributed by atoms with Gasteiger partial charge in [0.05, 0.1) is 5.75 Å². The van der Waals surface area contributed by atoms with Gasteiger partial charge in [-0.15, -0.1) is 16.8 Å². The third-order valence-electron chi connectivity index (χ3n) is 3.15. The van der Waals surface area contributed by atoms with Crippen molar-refractivity contribution in [2.24, 2.45) is 0 Å². The summed E-state index contributed by atoms with van der Waals surface area (Å²) in [5, 5.41) is 15.1. The first kappa shape index (κ1) is 17.5. The van der Waals surface area contributed by atoms with Crippen LogP contribution in [0.5, 0.6) is 0 Å². The number of thioether (sulfide) groups is 1. The predicted molar refractivity (Wildman–Crippen MR) is 97.7 cm³/mol. The molecule has 7 heteroatoms. The third kappa shape index (κ3) is 5.07. The third-order valence-corrected chi connectivity index (χ3v) is 5.12. The number of hydrogen-bond acceptors (Lipinski definition) is 6. The molecule has 1 heterocycles. The highest BCUT2D eigenvalue weighted by Crippen LogP contribution is 2.30. The number of carbonyl (C=O) groups is 1. The Labute approximate surface area is 144 Å². The Kier molecular flexibility index (Phi) is 6.61. The van der Waals surface area contributed by atoms with E-state index in [1.807, 2.05) is 0 Å². The Morgan fingerprint density at radius 1 is 1.43 bits per heavy atom. The van der Waals surface area contributed by atoms with Gasteiger partial charge >= 0.3 is 0 Å². The average Bonchev–Trinajstić information content (AvgIpc) is 3.00. The van der Waals surface area contributed by atoms with Crippen molar-refractivity contribution in [3.63, 3.8) is 0 Å². The number of hydrogen-bond donors (Lipinski definition) is 2. The summed E-state index contributed by atoms with van der Waals surface area (Å²) in [6.07, 6.45) is 2.61. The first-order valence-electron chi connectivity index (χ1n) is 7.33. The van der Waals surface area contributed by atoms with Crippen LogP contribution in [0.15, 0.2) is 35.2 Å². The second-order valence-electron chi connectivity index (χ2n) is 4.84. The summed E-state index contributed by atoms with van der Waals surface area (Å²) in [7, 11) is 0. The van der Waals surface area contributed by atoms with Crippen molar-refractivity contribution in [1.82, 2.24) is 15.5 Å². The van der Waals surface area contributed by atoms with E-state index in [0.717, 1.165) is 21.6 Å². The number of nitrogens with zero attached hydrogens (tertiary/aromatic N) is 2. The Morgan fingerprint density at radius 2 is 2.26 bits per heavy atom. The molecular formula is C16H20N4OS2. The molecule has 0 spiro atoms. The molecule has 2 N–H and O–H groups in total. The molecule has 2 aromatic rings. The molecule has 0 bridgehead atoms. The molecule has 5 nitrogen and oxygen atoms in total. The number of benzene rings is 1. The van der Waals surface area contributed by atoms with Crippen LogP contribution < -0.4 is 10.6 Å². The van der Waals surface area contributed by atoms with Gasteiger partial charge in [0.25, 0.3) is 0 Å². The summed E-state index contributed by atoms with van der Waals surface area (Å²) in [5.74, 6) is 0.291. The van der Waals surface area contributed by atoms with Crippen LogP contribution in [0.2, 0.25) is 0 Å². The lowest BCUT2D eigenvalue weighted by atomic mass is 10.1. The zero-order valence-corrected chi connectivity index (χ0v) is 14.9. The molecule has 0 aliphatic carbocycles. The number of rotatable bonds is 8. The van der Waals surface area contributed by atoms with Gasteiger partial charge in [-0.2, -0.15) is 0 Å². The van der Waals surface area contributed by atoms with E-state index in [1.54, 1.807) is 6.08 Å². The van der Waals surface area contributed by atoms with Crippen LogP contribution in [0.4, 0.5) is 10.8 Å². The zero-order valence-electron chi connectivity index (χ0n) is 13.3. The topological polar surface area (TPSA) is 66.9 Å². The number of nitrogens with one attached hydrogen (secondary N) is 2. The van der Waals surface area contributed by atoms with E-state index in [1.165, 1.54) is 34.2 Å². The second kappa shape index (κ2) is 8.69. The van der Waals surface area contributed by atoms with Crippen LogP contribution in [0, 0.1) is 6.92 Å². The van der Waals surface area contributed by atoms with Crippen molar-refractivity contribution in [2.45, 2.75) is 24.6 Å². The number of aromatic nitrogens is 2. The molecule has 1 aromatic carbocycles. The molecule has 1 aromatic heterocycles. The molecule has 2 rings (SSSR count). The van der Waals surface area contributed by atoms with Gasteiger partial charge < -0.3 is 10.6 Å². The normalized spacial score (nSPS) is 10.3. The summed E-state index contributed by atoms with van der Waals surface area (Å²) >= 11 is 2.83.